The first-order valence-corrected chi connectivity index (χ1v) is 7.92. The second-order valence-corrected chi connectivity index (χ2v) is 6.69. The Hall–Kier alpha value is -0.230. The quantitative estimate of drug-likeness (QED) is 0.662. The summed E-state index contributed by atoms with van der Waals surface area (Å²) in [5.41, 5.74) is 1.68. The molecule has 0 aliphatic heterocycles. The van der Waals surface area contributed by atoms with Crippen LogP contribution in [0, 0.1) is 5.82 Å². The SMILES string of the molecule is OC(Cc1ccc(F)cc1Br)c1ccc(Br)c(Br)c1. The van der Waals surface area contributed by atoms with Gasteiger partial charge in [0.05, 0.1) is 6.10 Å². The molecule has 100 valence electrons. The first kappa shape index (κ1) is 15.2. The Bertz CT molecular complexity index is 601. The lowest BCUT2D eigenvalue weighted by atomic mass is 10.0. The van der Waals surface area contributed by atoms with Crippen LogP contribution in [0.15, 0.2) is 49.8 Å². The fraction of sp³-hybridized carbons (Fsp3) is 0.143. The van der Waals surface area contributed by atoms with Gasteiger partial charge in [-0.25, -0.2) is 4.39 Å². The summed E-state index contributed by atoms with van der Waals surface area (Å²) in [4.78, 5) is 0. The van der Waals surface area contributed by atoms with Gasteiger partial charge < -0.3 is 5.11 Å². The number of rotatable bonds is 3. The van der Waals surface area contributed by atoms with Crippen LogP contribution in [-0.2, 0) is 6.42 Å². The highest BCUT2D eigenvalue weighted by atomic mass is 79.9. The molecule has 1 nitrogen and oxygen atoms in total. The Morgan fingerprint density at radius 2 is 1.68 bits per heavy atom. The van der Waals surface area contributed by atoms with E-state index in [-0.39, 0.29) is 5.82 Å². The highest BCUT2D eigenvalue weighted by molar-refractivity contribution is 9.13. The number of aliphatic hydroxyl groups is 1. The zero-order chi connectivity index (χ0) is 14.0. The lowest BCUT2D eigenvalue weighted by Crippen LogP contribution is -2.02. The highest BCUT2D eigenvalue weighted by Crippen LogP contribution is 2.29. The van der Waals surface area contributed by atoms with Gasteiger partial charge in [0.15, 0.2) is 0 Å². The molecule has 2 rings (SSSR count). The molecule has 1 atom stereocenters. The molecule has 0 aliphatic rings. The lowest BCUT2D eigenvalue weighted by Gasteiger charge is -2.13. The van der Waals surface area contributed by atoms with Crippen LogP contribution < -0.4 is 0 Å². The van der Waals surface area contributed by atoms with Crippen molar-refractivity contribution < 1.29 is 9.50 Å². The van der Waals surface area contributed by atoms with Crippen LogP contribution in [0.3, 0.4) is 0 Å². The first-order chi connectivity index (χ1) is 8.97. The van der Waals surface area contributed by atoms with Gasteiger partial charge in [0.25, 0.3) is 0 Å². The topological polar surface area (TPSA) is 20.2 Å². The van der Waals surface area contributed by atoms with Crippen LogP contribution >= 0.6 is 47.8 Å². The van der Waals surface area contributed by atoms with E-state index in [1.165, 1.54) is 12.1 Å². The molecule has 0 amide bonds. The van der Waals surface area contributed by atoms with Crippen LogP contribution in [0.5, 0.6) is 0 Å². The lowest BCUT2D eigenvalue weighted by molar-refractivity contribution is 0.178. The van der Waals surface area contributed by atoms with E-state index in [2.05, 4.69) is 47.8 Å². The third-order valence-electron chi connectivity index (χ3n) is 2.76. The summed E-state index contributed by atoms with van der Waals surface area (Å²) < 4.78 is 15.5. The minimum Gasteiger partial charge on any atom is -0.388 e. The number of aliphatic hydroxyl groups excluding tert-OH is 1. The van der Waals surface area contributed by atoms with Crippen molar-refractivity contribution in [2.75, 3.05) is 0 Å². The molecule has 2 aromatic rings. The molecule has 0 spiro atoms. The van der Waals surface area contributed by atoms with Crippen LogP contribution in [0.4, 0.5) is 4.39 Å². The molecule has 5 heteroatoms. The van der Waals surface area contributed by atoms with Crippen molar-refractivity contribution in [2.45, 2.75) is 12.5 Å². The van der Waals surface area contributed by atoms with Gasteiger partial charge in [-0.3, -0.25) is 0 Å². The summed E-state index contributed by atoms with van der Waals surface area (Å²) in [6, 6.07) is 10.1. The molecule has 0 saturated carbocycles. The van der Waals surface area contributed by atoms with Gasteiger partial charge in [-0.05, 0) is 67.3 Å². The second-order valence-electron chi connectivity index (χ2n) is 4.13. The molecule has 1 unspecified atom stereocenters. The highest BCUT2D eigenvalue weighted by Gasteiger charge is 2.12. The first-order valence-electron chi connectivity index (χ1n) is 5.54. The van der Waals surface area contributed by atoms with Gasteiger partial charge in [-0.1, -0.05) is 28.1 Å². The van der Waals surface area contributed by atoms with Crippen molar-refractivity contribution in [3.05, 3.63) is 66.8 Å². The average Bonchev–Trinajstić information content (AvgIpc) is 2.36. The van der Waals surface area contributed by atoms with Crippen molar-refractivity contribution >= 4 is 47.8 Å². The number of hydrogen-bond acceptors (Lipinski definition) is 1. The van der Waals surface area contributed by atoms with E-state index in [9.17, 15) is 9.50 Å². The molecule has 1 N–H and O–H groups in total. The summed E-state index contributed by atoms with van der Waals surface area (Å²) in [5, 5.41) is 10.2. The van der Waals surface area contributed by atoms with Gasteiger partial charge in [0, 0.05) is 19.8 Å². The molecule has 2 aromatic carbocycles. The molecule has 0 aliphatic carbocycles. The van der Waals surface area contributed by atoms with Gasteiger partial charge in [0.1, 0.15) is 5.82 Å². The van der Waals surface area contributed by atoms with Gasteiger partial charge >= 0.3 is 0 Å². The second kappa shape index (κ2) is 6.48. The van der Waals surface area contributed by atoms with Crippen LogP contribution in [0.1, 0.15) is 17.2 Å². The molecule has 0 heterocycles. The fourth-order valence-electron chi connectivity index (χ4n) is 1.73. The van der Waals surface area contributed by atoms with E-state index >= 15 is 0 Å². The maximum absolute atomic E-state index is 13.0. The standard InChI is InChI=1S/C14H10Br3FO/c15-11-4-2-9(5-13(11)17)14(19)6-8-1-3-10(18)7-12(8)16/h1-5,7,14,19H,6H2. The molecule has 0 saturated heterocycles. The number of halogens is 4. The smallest absolute Gasteiger partial charge is 0.124 e. The van der Waals surface area contributed by atoms with E-state index in [1.807, 2.05) is 18.2 Å². The summed E-state index contributed by atoms with van der Waals surface area (Å²) in [6.07, 6.45) is -0.208. The Morgan fingerprint density at radius 3 is 2.32 bits per heavy atom. The Labute approximate surface area is 136 Å². The van der Waals surface area contributed by atoms with Crippen molar-refractivity contribution in [3.8, 4) is 0 Å². The monoisotopic (exact) mass is 450 g/mol. The van der Waals surface area contributed by atoms with Crippen molar-refractivity contribution in [3.63, 3.8) is 0 Å². The largest absolute Gasteiger partial charge is 0.388 e. The molecule has 0 fully saturated rings. The maximum atomic E-state index is 13.0. The molecular formula is C14H10Br3FO. The third kappa shape index (κ3) is 3.88. The molecule has 0 bridgehead atoms. The normalized spacial score (nSPS) is 12.5. The fourth-order valence-corrected chi connectivity index (χ4v) is 2.89. The van der Waals surface area contributed by atoms with E-state index in [4.69, 9.17) is 0 Å². The van der Waals surface area contributed by atoms with E-state index in [0.29, 0.717) is 10.9 Å². The van der Waals surface area contributed by atoms with Gasteiger partial charge in [-0.2, -0.15) is 0 Å². The predicted octanol–water partition coefficient (Wildman–Crippen LogP) is 5.39. The van der Waals surface area contributed by atoms with Crippen LogP contribution in [0.2, 0.25) is 0 Å². The molecule has 0 radical (unpaired) electrons. The van der Waals surface area contributed by atoms with E-state index in [0.717, 1.165) is 20.1 Å². The predicted molar refractivity (Wildman–Crippen MR) is 84.6 cm³/mol. The summed E-state index contributed by atoms with van der Waals surface area (Å²) >= 11 is 10.1. The van der Waals surface area contributed by atoms with Crippen LogP contribution in [0.25, 0.3) is 0 Å². The minimum absolute atomic E-state index is 0.295. The minimum atomic E-state index is -0.633. The third-order valence-corrected chi connectivity index (χ3v) is 5.37. The summed E-state index contributed by atoms with van der Waals surface area (Å²) in [7, 11) is 0. The molecular weight excluding hydrogens is 443 g/mol. The summed E-state index contributed by atoms with van der Waals surface area (Å²) in [5.74, 6) is -0.295. The van der Waals surface area contributed by atoms with Crippen molar-refractivity contribution in [2.24, 2.45) is 0 Å². The maximum Gasteiger partial charge on any atom is 0.124 e. The molecule has 19 heavy (non-hydrogen) atoms. The van der Waals surface area contributed by atoms with Gasteiger partial charge in [-0.15, -0.1) is 0 Å². The Kier molecular flexibility index (Phi) is 5.17. The van der Waals surface area contributed by atoms with Crippen molar-refractivity contribution in [1.29, 1.82) is 0 Å². The van der Waals surface area contributed by atoms with Crippen LogP contribution in [-0.4, -0.2) is 5.11 Å². The zero-order valence-corrected chi connectivity index (χ0v) is 14.5. The van der Waals surface area contributed by atoms with Crippen molar-refractivity contribution in [1.82, 2.24) is 0 Å². The molecule has 0 aromatic heterocycles. The number of benzene rings is 2. The Morgan fingerprint density at radius 1 is 0.947 bits per heavy atom. The average molecular weight is 453 g/mol. The summed E-state index contributed by atoms with van der Waals surface area (Å²) in [6.45, 7) is 0. The van der Waals surface area contributed by atoms with Gasteiger partial charge in [0.2, 0.25) is 0 Å². The zero-order valence-electron chi connectivity index (χ0n) is 9.71. The van der Waals surface area contributed by atoms with E-state index in [1.54, 1.807) is 6.07 Å². The number of hydrogen-bond donors (Lipinski definition) is 1. The Balaban J connectivity index is 2.20. The van der Waals surface area contributed by atoms with E-state index < -0.39 is 6.10 Å².